The molecule has 7 rings (SSSR count). The van der Waals surface area contributed by atoms with Gasteiger partial charge >= 0.3 is 35.8 Å². The van der Waals surface area contributed by atoms with E-state index in [9.17, 15) is 28.8 Å². The molecule has 0 saturated heterocycles. The van der Waals surface area contributed by atoms with E-state index in [0.29, 0.717) is 118 Å². The standard InChI is InChI=1S/C63H72N4O14S/c1-4-37-64-67(63-66-54-17-11-12-18-56(54)82-63)65-43-48-42-53(80-61(72)46-21-19-44(20-22-46)59(70)78-51-31-27-49(28-32-51)74-38-13-7-9-15-40-76-57(68)5-2)35-36-55(48)81-62(73)47-25-23-45(24-26-47)60(71)79-52-33-29-50(30-34-52)75-39-14-8-10-16-41-77-58(69)6-3/h5-6,11-12,17-18,27-37,42-47H,2-4,7-10,13-16,19-26,38-41H2,1H3/b64-37+,65-43+/t44-,45-,46-,47-. The van der Waals surface area contributed by atoms with Gasteiger partial charge in [-0.15, -0.1) is 5.12 Å². The summed E-state index contributed by atoms with van der Waals surface area (Å²) < 4.78 is 46.1. The van der Waals surface area contributed by atoms with Crippen LogP contribution in [0.4, 0.5) is 5.13 Å². The predicted molar refractivity (Wildman–Crippen MR) is 311 cm³/mol. The number of thiazole rings is 1. The van der Waals surface area contributed by atoms with E-state index in [4.69, 9.17) is 42.9 Å². The summed E-state index contributed by atoms with van der Waals surface area (Å²) in [7, 11) is 0. The van der Waals surface area contributed by atoms with Gasteiger partial charge in [0.1, 0.15) is 34.5 Å². The van der Waals surface area contributed by atoms with Crippen LogP contribution in [0.1, 0.15) is 122 Å². The maximum atomic E-state index is 13.9. The lowest BCUT2D eigenvalue weighted by Crippen LogP contribution is -2.30. The van der Waals surface area contributed by atoms with E-state index >= 15 is 0 Å². The number of fused-ring (bicyclic) bond motifs is 1. The normalized spacial score (nSPS) is 16.9. The van der Waals surface area contributed by atoms with Gasteiger partial charge in [0.15, 0.2) is 0 Å². The first-order valence-electron chi connectivity index (χ1n) is 28.3. The third kappa shape index (κ3) is 19.8. The topological polar surface area (TPSA) is 217 Å². The minimum absolute atomic E-state index is 0.185. The SMILES string of the molecule is C=CC(=O)OCCCCCCOc1ccc(OC(=O)[C@H]2CC[C@H](C(=O)Oc3ccc(OC(=O)[C@H]4CC[C@H](C(=O)Oc5ccc(OCCCCCCOC(=O)C=C)cc5)CC4)c(/C=N/N(/N=C/CC)c4nc5ccccc5s4)c3)CC2)cc1. The average molecular weight is 1140 g/mol. The van der Waals surface area contributed by atoms with Crippen LogP contribution in [0.15, 0.2) is 127 Å². The number of aromatic nitrogens is 1. The van der Waals surface area contributed by atoms with E-state index in [1.54, 1.807) is 72.9 Å². The number of hydrogen-bond acceptors (Lipinski definition) is 19. The summed E-state index contributed by atoms with van der Waals surface area (Å²) in [6.07, 6.45) is 16.5. The Morgan fingerprint density at radius 2 is 0.963 bits per heavy atom. The van der Waals surface area contributed by atoms with Gasteiger partial charge in [0.2, 0.25) is 5.13 Å². The molecule has 0 atom stereocenters. The first-order chi connectivity index (χ1) is 40.0. The molecular weight excluding hydrogens is 1070 g/mol. The summed E-state index contributed by atoms with van der Waals surface area (Å²) in [5, 5.41) is 11.1. The molecule has 18 nitrogen and oxygen atoms in total. The number of rotatable bonds is 31. The zero-order valence-electron chi connectivity index (χ0n) is 46.5. The Bertz CT molecular complexity index is 2950. The maximum Gasteiger partial charge on any atom is 0.330 e. The summed E-state index contributed by atoms with van der Waals surface area (Å²) in [5.41, 5.74) is 1.13. The number of para-hydroxylation sites is 1. The molecule has 4 aromatic carbocycles. The monoisotopic (exact) mass is 1140 g/mol. The molecule has 0 aliphatic heterocycles. The van der Waals surface area contributed by atoms with Crippen molar-refractivity contribution in [3.05, 3.63) is 122 Å². The number of benzene rings is 4. The maximum absolute atomic E-state index is 13.9. The minimum atomic E-state index is -0.486. The van der Waals surface area contributed by atoms with Crippen LogP contribution in [0.25, 0.3) is 10.2 Å². The second-order valence-corrected chi connectivity index (χ2v) is 20.9. The van der Waals surface area contributed by atoms with Crippen LogP contribution in [0, 0.1) is 23.7 Å². The third-order valence-corrected chi connectivity index (χ3v) is 14.9. The fourth-order valence-electron chi connectivity index (χ4n) is 9.22. The lowest BCUT2D eigenvalue weighted by atomic mass is 9.82. The fourth-order valence-corrected chi connectivity index (χ4v) is 10.1. The lowest BCUT2D eigenvalue weighted by Gasteiger charge is -2.26. The number of carbonyl (C=O) groups is 6. The van der Waals surface area contributed by atoms with Crippen LogP contribution in [-0.2, 0) is 38.2 Å². The fraction of sp³-hybridized carbons (Fsp3) is 0.413. The molecule has 19 heteroatoms. The molecule has 82 heavy (non-hydrogen) atoms. The summed E-state index contributed by atoms with van der Waals surface area (Å²) in [6.45, 7) is 10.5. The van der Waals surface area contributed by atoms with E-state index in [1.807, 2.05) is 31.2 Å². The van der Waals surface area contributed by atoms with Crippen LogP contribution in [0.2, 0.25) is 0 Å². The van der Waals surface area contributed by atoms with Gasteiger partial charge < -0.3 is 37.9 Å². The van der Waals surface area contributed by atoms with Crippen LogP contribution in [0.5, 0.6) is 34.5 Å². The molecule has 2 saturated carbocycles. The molecule has 434 valence electrons. The van der Waals surface area contributed by atoms with E-state index in [1.165, 1.54) is 22.7 Å². The van der Waals surface area contributed by atoms with Crippen molar-refractivity contribution in [2.24, 2.45) is 33.9 Å². The molecule has 2 aliphatic carbocycles. The summed E-state index contributed by atoms with van der Waals surface area (Å²) in [5.74, 6) is -1.69. The van der Waals surface area contributed by atoms with Gasteiger partial charge in [0.25, 0.3) is 0 Å². The molecule has 1 aromatic heterocycles. The molecule has 0 N–H and O–H groups in total. The number of unbranched alkanes of at least 4 members (excludes halogenated alkanes) is 6. The predicted octanol–water partition coefficient (Wildman–Crippen LogP) is 12.5. The van der Waals surface area contributed by atoms with Crippen molar-refractivity contribution in [1.82, 2.24) is 4.98 Å². The average Bonchev–Trinajstić information content (AvgIpc) is 4.16. The highest BCUT2D eigenvalue weighted by molar-refractivity contribution is 7.22. The zero-order valence-corrected chi connectivity index (χ0v) is 47.3. The Balaban J connectivity index is 0.899. The minimum Gasteiger partial charge on any atom is -0.494 e. The summed E-state index contributed by atoms with van der Waals surface area (Å²) in [6, 6.07) is 26.2. The van der Waals surface area contributed by atoms with Gasteiger partial charge in [-0.3, -0.25) is 19.2 Å². The Morgan fingerprint density at radius 1 is 0.537 bits per heavy atom. The second-order valence-electron chi connectivity index (χ2n) is 19.9. The molecular formula is C63H72N4O14S. The molecule has 0 bridgehead atoms. The first kappa shape index (κ1) is 61.4. The van der Waals surface area contributed by atoms with Gasteiger partial charge in [-0.05, 0) is 188 Å². The van der Waals surface area contributed by atoms with Crippen molar-refractivity contribution < 1.29 is 66.7 Å². The molecule has 0 unspecified atom stereocenters. The van der Waals surface area contributed by atoms with E-state index in [2.05, 4.69) is 23.4 Å². The van der Waals surface area contributed by atoms with Gasteiger partial charge in [-0.25, -0.2) is 14.6 Å². The van der Waals surface area contributed by atoms with Gasteiger partial charge in [0.05, 0.1) is 66.5 Å². The number of ether oxygens (including phenoxy) is 8. The van der Waals surface area contributed by atoms with Crippen molar-refractivity contribution in [3.63, 3.8) is 0 Å². The molecule has 2 aliphatic rings. The number of nitrogens with zero attached hydrogens (tertiary/aromatic N) is 4. The van der Waals surface area contributed by atoms with Crippen LogP contribution >= 0.6 is 11.3 Å². The molecule has 0 amide bonds. The first-order valence-corrected chi connectivity index (χ1v) is 29.1. The number of hydrogen-bond donors (Lipinski definition) is 0. The smallest absolute Gasteiger partial charge is 0.330 e. The Morgan fingerprint density at radius 3 is 1.43 bits per heavy atom. The van der Waals surface area contributed by atoms with Crippen molar-refractivity contribution in [3.8, 4) is 34.5 Å². The van der Waals surface area contributed by atoms with Crippen molar-refractivity contribution in [1.29, 1.82) is 0 Å². The molecule has 2 fully saturated rings. The van der Waals surface area contributed by atoms with E-state index < -0.39 is 41.6 Å². The second kappa shape index (κ2) is 32.9. The number of esters is 6. The Hall–Kier alpha value is -8.19. The van der Waals surface area contributed by atoms with Crippen LogP contribution in [0.3, 0.4) is 0 Å². The summed E-state index contributed by atoms with van der Waals surface area (Å²) >= 11 is 1.41. The number of carbonyl (C=O) groups excluding carboxylic acids is 6. The van der Waals surface area contributed by atoms with E-state index in [-0.39, 0.29) is 29.4 Å². The molecule has 5 aromatic rings. The third-order valence-electron chi connectivity index (χ3n) is 13.9. The number of hydrazone groups is 2. The summed E-state index contributed by atoms with van der Waals surface area (Å²) in [4.78, 5) is 81.1. The molecule has 0 radical (unpaired) electrons. The van der Waals surface area contributed by atoms with Gasteiger partial charge in [-0.2, -0.15) is 10.2 Å². The van der Waals surface area contributed by atoms with Gasteiger partial charge in [0, 0.05) is 23.9 Å². The number of anilines is 1. The van der Waals surface area contributed by atoms with Crippen LogP contribution in [-0.4, -0.2) is 79.7 Å². The van der Waals surface area contributed by atoms with Crippen LogP contribution < -0.4 is 33.5 Å². The van der Waals surface area contributed by atoms with Gasteiger partial charge in [-0.1, -0.05) is 43.6 Å². The highest BCUT2D eigenvalue weighted by Gasteiger charge is 2.34. The quantitative estimate of drug-likeness (QED) is 0.0101. The van der Waals surface area contributed by atoms with Crippen molar-refractivity contribution in [2.45, 2.75) is 116 Å². The molecule has 1 heterocycles. The van der Waals surface area contributed by atoms with Crippen molar-refractivity contribution in [2.75, 3.05) is 31.5 Å². The van der Waals surface area contributed by atoms with E-state index in [0.717, 1.165) is 73.7 Å². The highest BCUT2D eigenvalue weighted by Crippen LogP contribution is 2.36. The zero-order chi connectivity index (χ0) is 57.9. The Kier molecular flexibility index (Phi) is 24.7. The van der Waals surface area contributed by atoms with Crippen molar-refractivity contribution >= 4 is 74.9 Å². The largest absolute Gasteiger partial charge is 0.494 e. The highest BCUT2D eigenvalue weighted by atomic mass is 32.1. The lowest BCUT2D eigenvalue weighted by molar-refractivity contribution is -0.145. The molecule has 0 spiro atoms. The Labute approximate surface area is 482 Å².